The number of carbonyl (C=O) groups excluding carboxylic acids is 1. The fraction of sp³-hybridized carbons (Fsp3) is 0.385. The zero-order valence-electron chi connectivity index (χ0n) is 11.3. The Hall–Kier alpha value is -2.44. The topological polar surface area (TPSA) is 110 Å². The van der Waals surface area contributed by atoms with E-state index in [0.29, 0.717) is 12.0 Å². The lowest BCUT2D eigenvalue weighted by Gasteiger charge is -2.11. The number of amides is 1. The number of benzene rings is 1. The van der Waals surface area contributed by atoms with Crippen molar-refractivity contribution in [2.75, 3.05) is 6.54 Å². The lowest BCUT2D eigenvalue weighted by Crippen LogP contribution is -2.32. The van der Waals surface area contributed by atoms with Gasteiger partial charge in [0.15, 0.2) is 0 Å². The largest absolute Gasteiger partial charge is 0.481 e. The molecular formula is C13H16N2O5. The van der Waals surface area contributed by atoms with Gasteiger partial charge in [-0.05, 0) is 25.0 Å². The molecule has 1 aromatic rings. The highest BCUT2D eigenvalue weighted by atomic mass is 16.6. The van der Waals surface area contributed by atoms with Crippen LogP contribution >= 0.6 is 0 Å². The molecule has 0 heterocycles. The van der Waals surface area contributed by atoms with E-state index >= 15 is 0 Å². The Bertz CT molecular complexity index is 542. The highest BCUT2D eigenvalue weighted by Gasteiger charge is 2.18. The van der Waals surface area contributed by atoms with Gasteiger partial charge in [0.25, 0.3) is 11.6 Å². The van der Waals surface area contributed by atoms with Crippen molar-refractivity contribution < 1.29 is 19.6 Å². The minimum atomic E-state index is -0.983. The minimum Gasteiger partial charge on any atom is -0.481 e. The molecule has 1 rings (SSSR count). The molecule has 0 aliphatic carbocycles. The van der Waals surface area contributed by atoms with Crippen LogP contribution in [0.5, 0.6) is 0 Å². The number of rotatable bonds is 6. The SMILES string of the molecule is CCC(CNC(=O)c1cc(C)cc([N+](=O)[O-])c1)C(=O)O. The maximum Gasteiger partial charge on any atom is 0.308 e. The summed E-state index contributed by atoms with van der Waals surface area (Å²) in [4.78, 5) is 32.9. The van der Waals surface area contributed by atoms with E-state index in [2.05, 4.69) is 5.32 Å². The standard InChI is InChI=1S/C13H16N2O5/c1-3-9(13(17)18)7-14-12(16)10-4-8(2)5-11(6-10)15(19)20/h4-6,9H,3,7H2,1-2H3,(H,14,16)(H,17,18). The number of hydrogen-bond donors (Lipinski definition) is 2. The van der Waals surface area contributed by atoms with Crippen LogP contribution in [0.15, 0.2) is 18.2 Å². The summed E-state index contributed by atoms with van der Waals surface area (Å²) in [6.07, 6.45) is 0.392. The van der Waals surface area contributed by atoms with E-state index in [1.807, 2.05) is 0 Å². The summed E-state index contributed by atoms with van der Waals surface area (Å²) in [6.45, 7) is 3.35. The van der Waals surface area contributed by atoms with Crippen LogP contribution in [-0.4, -0.2) is 28.5 Å². The van der Waals surface area contributed by atoms with Crippen LogP contribution in [0.1, 0.15) is 29.3 Å². The van der Waals surface area contributed by atoms with Gasteiger partial charge in [-0.1, -0.05) is 6.92 Å². The lowest BCUT2D eigenvalue weighted by molar-refractivity contribution is -0.384. The summed E-state index contributed by atoms with van der Waals surface area (Å²) in [5, 5.41) is 22.1. The average molecular weight is 280 g/mol. The molecule has 0 saturated heterocycles. The Labute approximate surface area is 115 Å². The van der Waals surface area contributed by atoms with Crippen LogP contribution in [0, 0.1) is 23.0 Å². The van der Waals surface area contributed by atoms with Gasteiger partial charge in [-0.3, -0.25) is 19.7 Å². The van der Waals surface area contributed by atoms with E-state index in [0.717, 1.165) is 0 Å². The number of aliphatic carboxylic acids is 1. The summed E-state index contributed by atoms with van der Waals surface area (Å²) < 4.78 is 0. The molecule has 1 amide bonds. The molecule has 1 atom stereocenters. The third-order valence-corrected chi connectivity index (χ3v) is 2.89. The second-order valence-electron chi connectivity index (χ2n) is 4.47. The number of hydrogen-bond acceptors (Lipinski definition) is 4. The molecule has 7 heteroatoms. The molecule has 0 bridgehead atoms. The fourth-order valence-corrected chi connectivity index (χ4v) is 1.72. The van der Waals surface area contributed by atoms with Gasteiger partial charge in [0.05, 0.1) is 10.8 Å². The normalized spacial score (nSPS) is 11.7. The molecule has 108 valence electrons. The molecule has 0 aliphatic heterocycles. The Morgan fingerprint density at radius 3 is 2.55 bits per heavy atom. The number of carboxylic acid groups (broad SMARTS) is 1. The molecule has 2 N–H and O–H groups in total. The van der Waals surface area contributed by atoms with Gasteiger partial charge in [-0.2, -0.15) is 0 Å². The number of nitrogens with one attached hydrogen (secondary N) is 1. The molecule has 1 unspecified atom stereocenters. The average Bonchev–Trinajstić information content (AvgIpc) is 2.37. The lowest BCUT2D eigenvalue weighted by atomic mass is 10.1. The molecule has 0 aromatic heterocycles. The fourth-order valence-electron chi connectivity index (χ4n) is 1.72. The van der Waals surface area contributed by atoms with Crippen LogP contribution in [0.3, 0.4) is 0 Å². The van der Waals surface area contributed by atoms with E-state index < -0.39 is 22.7 Å². The smallest absolute Gasteiger partial charge is 0.308 e. The van der Waals surface area contributed by atoms with Crippen molar-refractivity contribution in [3.05, 3.63) is 39.4 Å². The van der Waals surface area contributed by atoms with Crippen molar-refractivity contribution >= 4 is 17.6 Å². The van der Waals surface area contributed by atoms with Crippen molar-refractivity contribution in [3.63, 3.8) is 0 Å². The summed E-state index contributed by atoms with van der Waals surface area (Å²) in [5.41, 5.74) is 0.576. The maximum atomic E-state index is 11.9. The first-order valence-corrected chi connectivity index (χ1v) is 6.12. The molecule has 20 heavy (non-hydrogen) atoms. The van der Waals surface area contributed by atoms with Gasteiger partial charge in [0, 0.05) is 24.2 Å². The molecule has 0 spiro atoms. The monoisotopic (exact) mass is 280 g/mol. The van der Waals surface area contributed by atoms with Crippen molar-refractivity contribution in [3.8, 4) is 0 Å². The first-order valence-electron chi connectivity index (χ1n) is 6.12. The minimum absolute atomic E-state index is 0.00753. The number of nitrogens with zero attached hydrogens (tertiary/aromatic N) is 1. The molecule has 0 radical (unpaired) electrons. The van der Waals surface area contributed by atoms with Crippen LogP contribution in [0.25, 0.3) is 0 Å². The van der Waals surface area contributed by atoms with Crippen LogP contribution in [0.4, 0.5) is 5.69 Å². The van der Waals surface area contributed by atoms with Crippen LogP contribution < -0.4 is 5.32 Å². The van der Waals surface area contributed by atoms with E-state index in [-0.39, 0.29) is 17.8 Å². The predicted molar refractivity (Wildman–Crippen MR) is 71.6 cm³/mol. The molecule has 0 aliphatic rings. The number of non-ortho nitro benzene ring substituents is 1. The van der Waals surface area contributed by atoms with Crippen molar-refractivity contribution in [1.82, 2.24) is 5.32 Å². The zero-order chi connectivity index (χ0) is 15.3. The Kier molecular flexibility index (Phi) is 5.19. The molecular weight excluding hydrogens is 264 g/mol. The van der Waals surface area contributed by atoms with E-state index in [1.165, 1.54) is 18.2 Å². The van der Waals surface area contributed by atoms with Gasteiger partial charge in [0.2, 0.25) is 0 Å². The van der Waals surface area contributed by atoms with E-state index in [4.69, 9.17) is 5.11 Å². The van der Waals surface area contributed by atoms with Gasteiger partial charge in [-0.25, -0.2) is 0 Å². The molecule has 1 aromatic carbocycles. The summed E-state index contributed by atoms with van der Waals surface area (Å²) >= 11 is 0. The van der Waals surface area contributed by atoms with Gasteiger partial charge < -0.3 is 10.4 Å². The first-order chi connectivity index (χ1) is 9.35. The summed E-state index contributed by atoms with van der Waals surface area (Å²) in [7, 11) is 0. The van der Waals surface area contributed by atoms with Crippen molar-refractivity contribution in [2.24, 2.45) is 5.92 Å². The number of aryl methyl sites for hydroxylation is 1. The van der Waals surface area contributed by atoms with Crippen molar-refractivity contribution in [2.45, 2.75) is 20.3 Å². The second kappa shape index (κ2) is 6.65. The number of carbonyl (C=O) groups is 2. The van der Waals surface area contributed by atoms with E-state index in [9.17, 15) is 19.7 Å². The van der Waals surface area contributed by atoms with E-state index in [1.54, 1.807) is 13.8 Å². The molecule has 0 fully saturated rings. The first kappa shape index (κ1) is 15.6. The van der Waals surface area contributed by atoms with Crippen LogP contribution in [-0.2, 0) is 4.79 Å². The highest BCUT2D eigenvalue weighted by molar-refractivity contribution is 5.95. The molecule has 7 nitrogen and oxygen atoms in total. The molecule has 0 saturated carbocycles. The summed E-state index contributed by atoms with van der Waals surface area (Å²) in [6, 6.07) is 4.05. The number of carboxylic acids is 1. The maximum absolute atomic E-state index is 11.9. The second-order valence-corrected chi connectivity index (χ2v) is 4.47. The number of nitro groups is 1. The van der Waals surface area contributed by atoms with Gasteiger partial charge in [-0.15, -0.1) is 0 Å². The predicted octanol–water partition coefficient (Wildman–Crippen LogP) is 1.74. The third kappa shape index (κ3) is 4.04. The Morgan fingerprint density at radius 1 is 1.40 bits per heavy atom. The quantitative estimate of drug-likeness (QED) is 0.609. The third-order valence-electron chi connectivity index (χ3n) is 2.89. The number of nitro benzene ring substituents is 1. The van der Waals surface area contributed by atoms with Crippen molar-refractivity contribution in [1.29, 1.82) is 0 Å². The van der Waals surface area contributed by atoms with Crippen LogP contribution in [0.2, 0.25) is 0 Å². The zero-order valence-corrected chi connectivity index (χ0v) is 11.3. The Morgan fingerprint density at radius 2 is 2.05 bits per heavy atom. The Balaban J connectivity index is 2.82. The summed E-state index contributed by atoms with van der Waals surface area (Å²) in [5.74, 6) is -2.17. The van der Waals surface area contributed by atoms with Gasteiger partial charge >= 0.3 is 5.97 Å². The highest BCUT2D eigenvalue weighted by Crippen LogP contribution is 2.16. The van der Waals surface area contributed by atoms with Gasteiger partial charge in [0.1, 0.15) is 0 Å².